The molecule has 2 saturated carbocycles. The first-order chi connectivity index (χ1) is 22.2. The molecule has 9 heteroatoms. The van der Waals surface area contributed by atoms with Crippen molar-refractivity contribution in [3.63, 3.8) is 0 Å². The molecular weight excluding hydrogens is 584 g/mol. The SMILES string of the molecule is C[C@@H](NC(=O)c1ccnc(C2=CCN(C(=O)C3(CF)CC3)CC2)n1)c1ccc(C(=C2CC3(C2)CN(C)C3)c2ccc(F)cc2)cc1. The molecule has 1 N–H and O–H groups in total. The quantitative estimate of drug-likeness (QED) is 0.333. The summed E-state index contributed by atoms with van der Waals surface area (Å²) in [5, 5.41) is 3.06. The molecule has 2 amide bonds. The Morgan fingerprint density at radius 1 is 1.00 bits per heavy atom. The number of allylic oxidation sites excluding steroid dienone is 1. The third-order valence-electron chi connectivity index (χ3n) is 10.2. The van der Waals surface area contributed by atoms with Gasteiger partial charge in [0.2, 0.25) is 5.91 Å². The Kier molecular flexibility index (Phi) is 7.83. The zero-order valence-electron chi connectivity index (χ0n) is 26.4. The number of carbonyl (C=O) groups excluding carboxylic acids is 2. The number of amides is 2. The van der Waals surface area contributed by atoms with Gasteiger partial charge in [0.15, 0.2) is 5.82 Å². The fraction of sp³-hybridized carbons (Fsp3) is 0.405. The Morgan fingerprint density at radius 3 is 2.26 bits per heavy atom. The third kappa shape index (κ3) is 5.77. The van der Waals surface area contributed by atoms with Crippen LogP contribution in [0, 0.1) is 16.6 Å². The normalized spacial score (nSPS) is 20.3. The van der Waals surface area contributed by atoms with Gasteiger partial charge in [0, 0.05) is 37.8 Å². The lowest BCUT2D eigenvalue weighted by Crippen LogP contribution is -2.58. The van der Waals surface area contributed by atoms with E-state index in [9.17, 15) is 18.4 Å². The van der Waals surface area contributed by atoms with Crippen LogP contribution < -0.4 is 5.32 Å². The molecule has 1 spiro atoms. The highest BCUT2D eigenvalue weighted by Gasteiger charge is 2.52. The molecule has 3 aromatic rings. The molecule has 1 aromatic heterocycles. The predicted molar refractivity (Wildman–Crippen MR) is 173 cm³/mol. The van der Waals surface area contributed by atoms with Crippen LogP contribution in [0.4, 0.5) is 8.78 Å². The van der Waals surface area contributed by atoms with Crippen LogP contribution >= 0.6 is 0 Å². The van der Waals surface area contributed by atoms with E-state index in [-0.39, 0.29) is 29.4 Å². The predicted octanol–water partition coefficient (Wildman–Crippen LogP) is 6.00. The summed E-state index contributed by atoms with van der Waals surface area (Å²) in [6.07, 6.45) is 7.39. The first-order valence-corrected chi connectivity index (χ1v) is 16.1. The van der Waals surface area contributed by atoms with E-state index >= 15 is 0 Å². The molecule has 2 aliphatic heterocycles. The maximum Gasteiger partial charge on any atom is 0.270 e. The van der Waals surface area contributed by atoms with Gasteiger partial charge in [0.25, 0.3) is 5.91 Å². The maximum absolute atomic E-state index is 13.8. The first-order valence-electron chi connectivity index (χ1n) is 16.1. The molecule has 2 aromatic carbocycles. The van der Waals surface area contributed by atoms with Gasteiger partial charge in [-0.25, -0.2) is 18.7 Å². The number of hydrogen-bond acceptors (Lipinski definition) is 5. The monoisotopic (exact) mass is 623 g/mol. The van der Waals surface area contributed by atoms with Crippen LogP contribution in [0.15, 0.2) is 72.4 Å². The number of halogens is 2. The van der Waals surface area contributed by atoms with Crippen molar-refractivity contribution in [2.45, 2.75) is 45.1 Å². The number of nitrogens with zero attached hydrogens (tertiary/aromatic N) is 4. The van der Waals surface area contributed by atoms with Gasteiger partial charge in [-0.1, -0.05) is 48.0 Å². The van der Waals surface area contributed by atoms with Crippen LogP contribution in [-0.4, -0.2) is 71.5 Å². The summed E-state index contributed by atoms with van der Waals surface area (Å²) >= 11 is 0. The molecule has 4 aliphatic rings. The summed E-state index contributed by atoms with van der Waals surface area (Å²) in [5.74, 6) is -0.185. The summed E-state index contributed by atoms with van der Waals surface area (Å²) in [7, 11) is 2.16. The van der Waals surface area contributed by atoms with E-state index in [4.69, 9.17) is 0 Å². The molecule has 0 unspecified atom stereocenters. The van der Waals surface area contributed by atoms with Gasteiger partial charge < -0.3 is 15.1 Å². The van der Waals surface area contributed by atoms with Gasteiger partial charge in [-0.05, 0) is 92.1 Å². The van der Waals surface area contributed by atoms with Gasteiger partial charge in [-0.3, -0.25) is 9.59 Å². The van der Waals surface area contributed by atoms with Crippen molar-refractivity contribution < 1.29 is 18.4 Å². The maximum atomic E-state index is 13.8. The van der Waals surface area contributed by atoms with E-state index in [1.165, 1.54) is 23.3 Å². The van der Waals surface area contributed by atoms with E-state index in [0.717, 1.165) is 48.2 Å². The minimum Gasteiger partial charge on any atom is -0.344 e. The van der Waals surface area contributed by atoms with Crippen molar-refractivity contribution in [2.24, 2.45) is 10.8 Å². The molecule has 7 rings (SSSR count). The number of likely N-dealkylation sites (tertiary alicyclic amines) is 1. The van der Waals surface area contributed by atoms with Crippen molar-refractivity contribution in [1.29, 1.82) is 0 Å². The Labute approximate surface area is 268 Å². The van der Waals surface area contributed by atoms with Crippen molar-refractivity contribution in [1.82, 2.24) is 25.1 Å². The summed E-state index contributed by atoms with van der Waals surface area (Å²) in [6, 6.07) is 16.3. The number of hydrogen-bond donors (Lipinski definition) is 1. The first kappa shape index (κ1) is 30.4. The lowest BCUT2D eigenvalue weighted by molar-refractivity contribution is -0.137. The Morgan fingerprint density at radius 2 is 1.67 bits per heavy atom. The van der Waals surface area contributed by atoms with Crippen molar-refractivity contribution >= 4 is 23.0 Å². The summed E-state index contributed by atoms with van der Waals surface area (Å²) in [6.45, 7) is 4.45. The Hall–Kier alpha value is -4.24. The number of nitrogens with one attached hydrogen (secondary N) is 1. The highest BCUT2D eigenvalue weighted by Crippen LogP contribution is 2.54. The average molecular weight is 624 g/mol. The fourth-order valence-electron chi connectivity index (χ4n) is 7.42. The van der Waals surface area contributed by atoms with E-state index in [2.05, 4.69) is 39.4 Å². The van der Waals surface area contributed by atoms with Crippen LogP contribution in [0.5, 0.6) is 0 Å². The third-order valence-corrected chi connectivity index (χ3v) is 10.2. The van der Waals surface area contributed by atoms with Gasteiger partial charge in [-0.15, -0.1) is 0 Å². The van der Waals surface area contributed by atoms with Gasteiger partial charge in [0.05, 0.1) is 11.5 Å². The average Bonchev–Trinajstić information content (AvgIpc) is 3.85. The molecule has 7 nitrogen and oxygen atoms in total. The second-order valence-electron chi connectivity index (χ2n) is 13.7. The van der Waals surface area contributed by atoms with Crippen molar-refractivity contribution in [2.75, 3.05) is 39.9 Å². The van der Waals surface area contributed by atoms with E-state index in [0.29, 0.717) is 43.6 Å². The van der Waals surface area contributed by atoms with Crippen LogP contribution in [0.25, 0.3) is 11.1 Å². The number of aromatic nitrogens is 2. The molecule has 238 valence electrons. The molecule has 3 fully saturated rings. The largest absolute Gasteiger partial charge is 0.344 e. The molecule has 0 bridgehead atoms. The minimum atomic E-state index is -0.800. The zero-order valence-corrected chi connectivity index (χ0v) is 26.4. The summed E-state index contributed by atoms with van der Waals surface area (Å²) in [5.41, 5.74) is 6.39. The second-order valence-corrected chi connectivity index (χ2v) is 13.7. The number of rotatable bonds is 8. The van der Waals surface area contributed by atoms with E-state index < -0.39 is 12.1 Å². The molecular formula is C37H39F2N5O2. The van der Waals surface area contributed by atoms with Crippen LogP contribution in [-0.2, 0) is 4.79 Å². The van der Waals surface area contributed by atoms with E-state index in [1.807, 2.05) is 37.3 Å². The minimum absolute atomic E-state index is 0.109. The standard InChI is InChI=1S/C37H39F2N5O2/c1-24(41-34(45)31-11-16-40-33(42-31)28-12-17-44(18-13-28)35(46)37(21-38)14-15-37)25-3-5-26(6-4-25)32(27-7-9-30(39)10-8-27)29-19-36(20-29)22-43(2)23-36/h3-12,16,24H,13-15,17-23H2,1-2H3,(H,41,45)/t24-/m1/s1. The van der Waals surface area contributed by atoms with Gasteiger partial charge >= 0.3 is 0 Å². The Bertz CT molecular complexity index is 1710. The number of alkyl halides is 1. The Balaban J connectivity index is 1.02. The van der Waals surface area contributed by atoms with Crippen LogP contribution in [0.2, 0.25) is 0 Å². The van der Waals surface area contributed by atoms with Gasteiger partial charge in [0.1, 0.15) is 18.2 Å². The lowest BCUT2D eigenvalue weighted by Gasteiger charge is -2.56. The molecule has 3 heterocycles. The lowest BCUT2D eigenvalue weighted by atomic mass is 9.59. The molecule has 2 aliphatic carbocycles. The van der Waals surface area contributed by atoms with Crippen LogP contribution in [0.1, 0.15) is 78.1 Å². The van der Waals surface area contributed by atoms with Gasteiger partial charge in [-0.2, -0.15) is 0 Å². The highest BCUT2D eigenvalue weighted by molar-refractivity contribution is 5.93. The second kappa shape index (κ2) is 11.8. The molecule has 1 atom stereocenters. The molecule has 1 saturated heterocycles. The molecule has 0 radical (unpaired) electrons. The topological polar surface area (TPSA) is 78.4 Å². The fourth-order valence-corrected chi connectivity index (χ4v) is 7.42. The highest BCUT2D eigenvalue weighted by atomic mass is 19.1. The van der Waals surface area contributed by atoms with Crippen molar-refractivity contribution in [3.8, 4) is 0 Å². The smallest absolute Gasteiger partial charge is 0.270 e. The van der Waals surface area contributed by atoms with E-state index in [1.54, 1.807) is 17.2 Å². The summed E-state index contributed by atoms with van der Waals surface area (Å²) < 4.78 is 27.1. The number of carbonyl (C=O) groups is 2. The summed E-state index contributed by atoms with van der Waals surface area (Å²) in [4.78, 5) is 38.9. The molecule has 46 heavy (non-hydrogen) atoms. The van der Waals surface area contributed by atoms with Crippen molar-refractivity contribution in [3.05, 3.63) is 106 Å². The van der Waals surface area contributed by atoms with Crippen LogP contribution in [0.3, 0.4) is 0 Å². The zero-order chi connectivity index (χ0) is 32.1. The number of benzene rings is 2.